The summed E-state index contributed by atoms with van der Waals surface area (Å²) in [7, 11) is 0. The summed E-state index contributed by atoms with van der Waals surface area (Å²) in [5.74, 6) is -2.00. The molecule has 0 atom stereocenters. The molecule has 0 fully saturated rings. The SMILES string of the molecule is CC(C)NC(=O)c1ccccc1NC(=O)C(=O)NCC(c1ccccc1)c1ccccc1. The summed E-state index contributed by atoms with van der Waals surface area (Å²) < 4.78 is 0. The minimum atomic E-state index is -0.824. The van der Waals surface area contributed by atoms with Crippen LogP contribution in [0.4, 0.5) is 5.69 Å². The Morgan fingerprint density at radius 2 is 1.25 bits per heavy atom. The zero-order chi connectivity index (χ0) is 22.9. The number of hydrogen-bond donors (Lipinski definition) is 3. The fourth-order valence-corrected chi connectivity index (χ4v) is 3.38. The molecule has 32 heavy (non-hydrogen) atoms. The monoisotopic (exact) mass is 429 g/mol. The zero-order valence-corrected chi connectivity index (χ0v) is 18.2. The van der Waals surface area contributed by atoms with Crippen LogP contribution in [0, 0.1) is 0 Å². The first-order chi connectivity index (χ1) is 15.5. The minimum absolute atomic E-state index is 0.0533. The van der Waals surface area contributed by atoms with Crippen LogP contribution in [0.5, 0.6) is 0 Å². The third-order valence-electron chi connectivity index (χ3n) is 4.92. The van der Waals surface area contributed by atoms with Gasteiger partial charge >= 0.3 is 11.8 Å². The first kappa shape index (κ1) is 22.7. The van der Waals surface area contributed by atoms with Crippen LogP contribution >= 0.6 is 0 Å². The van der Waals surface area contributed by atoms with Crippen molar-refractivity contribution in [2.75, 3.05) is 11.9 Å². The highest BCUT2D eigenvalue weighted by Crippen LogP contribution is 2.23. The summed E-state index contributed by atoms with van der Waals surface area (Å²) in [6.45, 7) is 3.96. The van der Waals surface area contributed by atoms with Gasteiger partial charge in [0.25, 0.3) is 5.91 Å². The lowest BCUT2D eigenvalue weighted by molar-refractivity contribution is -0.136. The topological polar surface area (TPSA) is 87.3 Å². The molecule has 0 bridgehead atoms. The maximum atomic E-state index is 12.5. The van der Waals surface area contributed by atoms with Gasteiger partial charge in [-0.15, -0.1) is 0 Å². The number of benzene rings is 3. The Balaban J connectivity index is 1.69. The van der Waals surface area contributed by atoms with Crippen molar-refractivity contribution in [3.8, 4) is 0 Å². The third kappa shape index (κ3) is 6.04. The van der Waals surface area contributed by atoms with E-state index >= 15 is 0 Å². The van der Waals surface area contributed by atoms with Gasteiger partial charge in [-0.1, -0.05) is 72.8 Å². The molecule has 0 aliphatic heterocycles. The fraction of sp³-hybridized carbons (Fsp3) is 0.192. The highest BCUT2D eigenvalue weighted by Gasteiger charge is 2.20. The lowest BCUT2D eigenvalue weighted by Crippen LogP contribution is -2.38. The number of nitrogens with one attached hydrogen (secondary N) is 3. The standard InChI is InChI=1S/C26H27N3O3/c1-18(2)28-24(30)21-15-9-10-16-23(21)29-26(32)25(31)27-17-22(19-11-5-3-6-12-19)20-13-7-4-8-14-20/h3-16,18,22H,17H2,1-2H3,(H,27,31)(H,28,30)(H,29,32). The molecule has 3 amide bonds. The average molecular weight is 430 g/mol. The van der Waals surface area contributed by atoms with E-state index in [1.165, 1.54) is 0 Å². The van der Waals surface area contributed by atoms with E-state index in [1.807, 2.05) is 74.5 Å². The molecule has 0 aliphatic rings. The number of rotatable bonds is 7. The van der Waals surface area contributed by atoms with E-state index in [1.54, 1.807) is 24.3 Å². The highest BCUT2D eigenvalue weighted by molar-refractivity contribution is 6.40. The van der Waals surface area contributed by atoms with Crippen LogP contribution in [-0.2, 0) is 9.59 Å². The van der Waals surface area contributed by atoms with Gasteiger partial charge < -0.3 is 16.0 Å². The fourth-order valence-electron chi connectivity index (χ4n) is 3.38. The maximum absolute atomic E-state index is 12.5. The van der Waals surface area contributed by atoms with Crippen molar-refractivity contribution in [2.45, 2.75) is 25.8 Å². The molecule has 6 heteroatoms. The predicted molar refractivity (Wildman–Crippen MR) is 125 cm³/mol. The summed E-state index contributed by atoms with van der Waals surface area (Å²) >= 11 is 0. The Kier molecular flexibility index (Phi) is 7.75. The first-order valence-electron chi connectivity index (χ1n) is 10.5. The molecule has 0 spiro atoms. The van der Waals surface area contributed by atoms with Crippen LogP contribution in [0.15, 0.2) is 84.9 Å². The van der Waals surface area contributed by atoms with E-state index in [4.69, 9.17) is 0 Å². The van der Waals surface area contributed by atoms with Crippen LogP contribution in [0.25, 0.3) is 0 Å². The number of anilines is 1. The Hall–Kier alpha value is -3.93. The van der Waals surface area contributed by atoms with Gasteiger partial charge in [0.05, 0.1) is 11.3 Å². The molecule has 0 saturated heterocycles. The van der Waals surface area contributed by atoms with Crippen molar-refractivity contribution in [1.29, 1.82) is 0 Å². The molecule has 0 saturated carbocycles. The highest BCUT2D eigenvalue weighted by atomic mass is 16.2. The summed E-state index contributed by atoms with van der Waals surface area (Å²) in [6.07, 6.45) is 0. The molecular formula is C26H27N3O3. The lowest BCUT2D eigenvalue weighted by atomic mass is 9.91. The van der Waals surface area contributed by atoms with Crippen molar-refractivity contribution < 1.29 is 14.4 Å². The van der Waals surface area contributed by atoms with Crippen molar-refractivity contribution in [3.63, 3.8) is 0 Å². The second-order valence-corrected chi connectivity index (χ2v) is 7.71. The van der Waals surface area contributed by atoms with E-state index in [-0.39, 0.29) is 30.1 Å². The molecule has 3 aromatic rings. The molecule has 0 unspecified atom stereocenters. The first-order valence-corrected chi connectivity index (χ1v) is 10.5. The van der Waals surface area contributed by atoms with Crippen LogP contribution in [0.1, 0.15) is 41.3 Å². The molecular weight excluding hydrogens is 402 g/mol. The molecule has 3 rings (SSSR count). The molecule has 3 N–H and O–H groups in total. The largest absolute Gasteiger partial charge is 0.350 e. The van der Waals surface area contributed by atoms with E-state index in [2.05, 4.69) is 16.0 Å². The number of carbonyl (C=O) groups is 3. The number of amides is 3. The summed E-state index contributed by atoms with van der Waals surface area (Å²) in [4.78, 5) is 37.5. The van der Waals surface area contributed by atoms with Gasteiger partial charge in [0.1, 0.15) is 0 Å². The van der Waals surface area contributed by atoms with Gasteiger partial charge in [-0.3, -0.25) is 14.4 Å². The van der Waals surface area contributed by atoms with E-state index in [9.17, 15) is 14.4 Å². The van der Waals surface area contributed by atoms with Crippen LogP contribution < -0.4 is 16.0 Å². The van der Waals surface area contributed by atoms with Gasteiger partial charge in [-0.25, -0.2) is 0 Å². The molecule has 0 radical (unpaired) electrons. The van der Waals surface area contributed by atoms with Gasteiger partial charge in [-0.05, 0) is 37.1 Å². The summed E-state index contributed by atoms with van der Waals surface area (Å²) in [5, 5.41) is 8.07. The zero-order valence-electron chi connectivity index (χ0n) is 18.2. The number of hydrogen-bond acceptors (Lipinski definition) is 3. The van der Waals surface area contributed by atoms with Crippen molar-refractivity contribution >= 4 is 23.4 Å². The van der Waals surface area contributed by atoms with E-state index in [0.29, 0.717) is 5.56 Å². The third-order valence-corrected chi connectivity index (χ3v) is 4.92. The van der Waals surface area contributed by atoms with Crippen LogP contribution in [-0.4, -0.2) is 30.3 Å². The molecule has 0 aromatic heterocycles. The molecule has 0 heterocycles. The smallest absolute Gasteiger partial charge is 0.313 e. The second-order valence-electron chi connectivity index (χ2n) is 7.71. The van der Waals surface area contributed by atoms with E-state index in [0.717, 1.165) is 11.1 Å². The van der Waals surface area contributed by atoms with Crippen molar-refractivity contribution in [3.05, 3.63) is 102 Å². The summed E-state index contributed by atoms with van der Waals surface area (Å²) in [5.41, 5.74) is 2.66. The summed E-state index contributed by atoms with van der Waals surface area (Å²) in [6, 6.07) is 26.2. The Morgan fingerprint density at radius 1 is 0.719 bits per heavy atom. The minimum Gasteiger partial charge on any atom is -0.350 e. The van der Waals surface area contributed by atoms with Gasteiger partial charge in [-0.2, -0.15) is 0 Å². The Bertz CT molecular complexity index is 1030. The van der Waals surface area contributed by atoms with Crippen LogP contribution in [0.3, 0.4) is 0 Å². The predicted octanol–water partition coefficient (Wildman–Crippen LogP) is 3.71. The lowest BCUT2D eigenvalue weighted by Gasteiger charge is -2.19. The van der Waals surface area contributed by atoms with E-state index < -0.39 is 11.8 Å². The van der Waals surface area contributed by atoms with Crippen LogP contribution in [0.2, 0.25) is 0 Å². The maximum Gasteiger partial charge on any atom is 0.313 e. The molecule has 0 aliphatic carbocycles. The average Bonchev–Trinajstić information content (AvgIpc) is 2.80. The molecule has 164 valence electrons. The normalized spacial score (nSPS) is 10.6. The van der Waals surface area contributed by atoms with Crippen molar-refractivity contribution in [1.82, 2.24) is 10.6 Å². The Morgan fingerprint density at radius 3 is 1.81 bits per heavy atom. The molecule has 3 aromatic carbocycles. The van der Waals surface area contributed by atoms with Gasteiger partial charge in [0, 0.05) is 18.5 Å². The van der Waals surface area contributed by atoms with Crippen molar-refractivity contribution in [2.24, 2.45) is 0 Å². The van der Waals surface area contributed by atoms with Gasteiger partial charge in [0.2, 0.25) is 0 Å². The number of carbonyl (C=O) groups excluding carboxylic acids is 3. The second kappa shape index (κ2) is 10.9. The number of para-hydroxylation sites is 1. The Labute approximate surface area is 188 Å². The van der Waals surface area contributed by atoms with Gasteiger partial charge in [0.15, 0.2) is 0 Å². The molecule has 6 nitrogen and oxygen atoms in total. The quantitative estimate of drug-likeness (QED) is 0.501.